The summed E-state index contributed by atoms with van der Waals surface area (Å²) in [5, 5.41) is 16.1. The summed E-state index contributed by atoms with van der Waals surface area (Å²) in [6, 6.07) is 0. The summed E-state index contributed by atoms with van der Waals surface area (Å²) in [6.07, 6.45) is 4.41. The van der Waals surface area contributed by atoms with Crippen LogP contribution in [0.5, 0.6) is 0 Å². The fourth-order valence-corrected chi connectivity index (χ4v) is 3.19. The molecular formula is C13H17N3O4. The highest BCUT2D eigenvalue weighted by molar-refractivity contribution is 5.86. The lowest BCUT2D eigenvalue weighted by Crippen LogP contribution is -2.43. The molecule has 2 bridgehead atoms. The van der Waals surface area contributed by atoms with E-state index in [-0.39, 0.29) is 18.1 Å². The topological polar surface area (TPSA) is 93.5 Å². The maximum absolute atomic E-state index is 12.2. The number of hydrogen-bond acceptors (Lipinski definition) is 4. The van der Waals surface area contributed by atoms with E-state index in [4.69, 9.17) is 4.74 Å². The SMILES string of the molecule is Cn1cc(CNC(=O)[C@H]2[C@H](C(=O)O)[C@H]3CC[C@H]2O3)cn1. The molecule has 7 nitrogen and oxygen atoms in total. The van der Waals surface area contributed by atoms with E-state index in [0.29, 0.717) is 6.54 Å². The number of aromatic nitrogens is 2. The average Bonchev–Trinajstić information content (AvgIpc) is 3.10. The fourth-order valence-electron chi connectivity index (χ4n) is 3.19. The minimum absolute atomic E-state index is 0.242. The molecule has 20 heavy (non-hydrogen) atoms. The Hall–Kier alpha value is -1.89. The highest BCUT2D eigenvalue weighted by Gasteiger charge is 2.55. The van der Waals surface area contributed by atoms with E-state index in [2.05, 4.69) is 10.4 Å². The van der Waals surface area contributed by atoms with E-state index >= 15 is 0 Å². The van der Waals surface area contributed by atoms with Crippen LogP contribution >= 0.6 is 0 Å². The number of ether oxygens (including phenoxy) is 1. The Morgan fingerprint density at radius 2 is 2.15 bits per heavy atom. The van der Waals surface area contributed by atoms with Crippen LogP contribution in [0, 0.1) is 11.8 Å². The van der Waals surface area contributed by atoms with Crippen LogP contribution in [0.2, 0.25) is 0 Å². The number of nitrogens with one attached hydrogen (secondary N) is 1. The predicted octanol–water partition coefficient (Wildman–Crippen LogP) is -0.0855. The molecule has 0 unspecified atom stereocenters. The molecule has 2 N–H and O–H groups in total. The van der Waals surface area contributed by atoms with Gasteiger partial charge < -0.3 is 15.2 Å². The molecule has 1 aromatic rings. The van der Waals surface area contributed by atoms with Gasteiger partial charge in [0, 0.05) is 25.4 Å². The second-order valence-electron chi connectivity index (χ2n) is 5.42. The van der Waals surface area contributed by atoms with Gasteiger partial charge in [0.1, 0.15) is 0 Å². The molecule has 4 atom stereocenters. The van der Waals surface area contributed by atoms with Crippen LogP contribution in [-0.2, 0) is 27.9 Å². The quantitative estimate of drug-likeness (QED) is 0.803. The Labute approximate surface area is 115 Å². The number of aryl methyl sites for hydroxylation is 1. The van der Waals surface area contributed by atoms with Crippen molar-refractivity contribution in [3.05, 3.63) is 18.0 Å². The number of rotatable bonds is 4. The van der Waals surface area contributed by atoms with Crippen molar-refractivity contribution in [1.29, 1.82) is 0 Å². The molecular weight excluding hydrogens is 262 g/mol. The minimum atomic E-state index is -0.946. The van der Waals surface area contributed by atoms with Gasteiger partial charge in [-0.1, -0.05) is 0 Å². The van der Waals surface area contributed by atoms with Crippen LogP contribution in [0.1, 0.15) is 18.4 Å². The van der Waals surface area contributed by atoms with Crippen LogP contribution in [0.3, 0.4) is 0 Å². The lowest BCUT2D eigenvalue weighted by molar-refractivity contribution is -0.147. The summed E-state index contributed by atoms with van der Waals surface area (Å²) in [6.45, 7) is 0.354. The smallest absolute Gasteiger partial charge is 0.310 e. The number of hydrogen-bond donors (Lipinski definition) is 2. The molecule has 3 heterocycles. The Morgan fingerprint density at radius 1 is 1.45 bits per heavy atom. The number of nitrogens with zero attached hydrogens (tertiary/aromatic N) is 2. The zero-order valence-electron chi connectivity index (χ0n) is 11.2. The number of amides is 1. The second-order valence-corrected chi connectivity index (χ2v) is 5.42. The fraction of sp³-hybridized carbons (Fsp3) is 0.615. The van der Waals surface area contributed by atoms with Crippen LogP contribution < -0.4 is 5.32 Å². The zero-order chi connectivity index (χ0) is 14.3. The van der Waals surface area contributed by atoms with E-state index in [1.54, 1.807) is 17.9 Å². The molecule has 0 spiro atoms. The standard InChI is InChI=1S/C13H17N3O4/c1-16-6-7(5-15-16)4-14-12(17)10-8-2-3-9(20-8)11(10)13(18)19/h5-6,8-11H,2-4H2,1H3,(H,14,17)(H,18,19)/t8-,9-,10-,11-/m1/s1. The first-order valence-corrected chi connectivity index (χ1v) is 6.70. The van der Waals surface area contributed by atoms with Crippen LogP contribution in [0.25, 0.3) is 0 Å². The molecule has 3 rings (SSSR count). The Bertz CT molecular complexity index is 541. The van der Waals surface area contributed by atoms with Crippen molar-refractivity contribution in [2.45, 2.75) is 31.6 Å². The largest absolute Gasteiger partial charge is 0.481 e. The molecule has 2 saturated heterocycles. The first-order valence-electron chi connectivity index (χ1n) is 6.70. The molecule has 1 amide bonds. The highest BCUT2D eigenvalue weighted by Crippen LogP contribution is 2.43. The number of carboxylic acid groups (broad SMARTS) is 1. The van der Waals surface area contributed by atoms with Gasteiger partial charge in [-0.05, 0) is 12.8 Å². The van der Waals surface area contributed by atoms with E-state index in [1.165, 1.54) is 0 Å². The number of aliphatic carboxylic acids is 1. The van der Waals surface area contributed by atoms with Gasteiger partial charge >= 0.3 is 5.97 Å². The summed E-state index contributed by atoms with van der Waals surface area (Å²) < 4.78 is 7.23. The van der Waals surface area contributed by atoms with Gasteiger partial charge in [0.2, 0.25) is 5.91 Å². The van der Waals surface area contributed by atoms with Gasteiger partial charge in [0.15, 0.2) is 0 Å². The Kier molecular flexibility index (Phi) is 3.21. The molecule has 108 valence electrons. The molecule has 2 aliphatic rings. The molecule has 1 aromatic heterocycles. The van der Waals surface area contributed by atoms with E-state index in [0.717, 1.165) is 18.4 Å². The van der Waals surface area contributed by atoms with Crippen LogP contribution in [0.15, 0.2) is 12.4 Å². The third-order valence-electron chi connectivity index (χ3n) is 4.09. The maximum atomic E-state index is 12.2. The lowest BCUT2D eigenvalue weighted by Gasteiger charge is -2.23. The average molecular weight is 279 g/mol. The molecule has 2 aliphatic heterocycles. The van der Waals surface area contributed by atoms with Crippen molar-refractivity contribution in [1.82, 2.24) is 15.1 Å². The van der Waals surface area contributed by atoms with Gasteiger partial charge in [-0.2, -0.15) is 5.10 Å². The summed E-state index contributed by atoms with van der Waals surface area (Å²) in [5.74, 6) is -2.49. The molecule has 7 heteroatoms. The maximum Gasteiger partial charge on any atom is 0.310 e. The molecule has 0 radical (unpaired) electrons. The van der Waals surface area contributed by atoms with Crippen LogP contribution in [0.4, 0.5) is 0 Å². The zero-order valence-corrected chi connectivity index (χ0v) is 11.2. The van der Waals surface area contributed by atoms with Crippen molar-refractivity contribution < 1.29 is 19.4 Å². The van der Waals surface area contributed by atoms with Gasteiger partial charge in [0.05, 0.1) is 30.2 Å². The normalized spacial score (nSPS) is 31.4. The van der Waals surface area contributed by atoms with Gasteiger partial charge in [0.25, 0.3) is 0 Å². The van der Waals surface area contributed by atoms with E-state index in [1.807, 2.05) is 6.20 Å². The molecule has 0 aliphatic carbocycles. The molecule has 0 aromatic carbocycles. The number of carboxylic acids is 1. The number of carbonyl (C=O) groups is 2. The van der Waals surface area contributed by atoms with Gasteiger partial charge in [-0.25, -0.2) is 0 Å². The van der Waals surface area contributed by atoms with Crippen molar-refractivity contribution in [3.63, 3.8) is 0 Å². The Balaban J connectivity index is 1.65. The number of carbonyl (C=O) groups excluding carboxylic acids is 1. The third-order valence-corrected chi connectivity index (χ3v) is 4.09. The van der Waals surface area contributed by atoms with E-state index < -0.39 is 17.8 Å². The number of fused-ring (bicyclic) bond motifs is 2. The lowest BCUT2D eigenvalue weighted by atomic mass is 9.78. The summed E-state index contributed by atoms with van der Waals surface area (Å²) in [5.41, 5.74) is 0.886. The summed E-state index contributed by atoms with van der Waals surface area (Å²) in [7, 11) is 1.80. The third kappa shape index (κ3) is 2.18. The molecule has 0 saturated carbocycles. The van der Waals surface area contributed by atoms with Crippen molar-refractivity contribution in [2.24, 2.45) is 18.9 Å². The summed E-state index contributed by atoms with van der Waals surface area (Å²) in [4.78, 5) is 23.6. The van der Waals surface area contributed by atoms with Crippen molar-refractivity contribution >= 4 is 11.9 Å². The minimum Gasteiger partial charge on any atom is -0.481 e. The van der Waals surface area contributed by atoms with Gasteiger partial charge in [-0.15, -0.1) is 0 Å². The van der Waals surface area contributed by atoms with E-state index in [9.17, 15) is 14.7 Å². The first-order chi connectivity index (χ1) is 9.56. The predicted molar refractivity (Wildman–Crippen MR) is 67.6 cm³/mol. The molecule has 2 fully saturated rings. The first kappa shape index (κ1) is 13.1. The Morgan fingerprint density at radius 3 is 2.75 bits per heavy atom. The monoisotopic (exact) mass is 279 g/mol. The van der Waals surface area contributed by atoms with Crippen LogP contribution in [-0.4, -0.2) is 39.0 Å². The van der Waals surface area contributed by atoms with Crippen molar-refractivity contribution in [2.75, 3.05) is 0 Å². The second kappa shape index (κ2) is 4.90. The van der Waals surface area contributed by atoms with Gasteiger partial charge in [-0.3, -0.25) is 14.3 Å². The summed E-state index contributed by atoms with van der Waals surface area (Å²) >= 11 is 0. The highest BCUT2D eigenvalue weighted by atomic mass is 16.5. The van der Waals surface area contributed by atoms with Crippen molar-refractivity contribution in [3.8, 4) is 0 Å².